The summed E-state index contributed by atoms with van der Waals surface area (Å²) in [6.45, 7) is 1.12. The van der Waals surface area contributed by atoms with Crippen molar-refractivity contribution in [2.75, 3.05) is 46.0 Å². The molecule has 7 nitrogen and oxygen atoms in total. The molecule has 0 atom stereocenters. The fraction of sp³-hybridized carbons (Fsp3) is 0.875. The van der Waals surface area contributed by atoms with E-state index in [0.29, 0.717) is 13.1 Å². The summed E-state index contributed by atoms with van der Waals surface area (Å²) in [5, 5.41) is 13.5. The highest BCUT2D eigenvalue weighted by molar-refractivity contribution is 7.89. The lowest BCUT2D eigenvalue weighted by atomic mass is 10.4. The quantitative estimate of drug-likeness (QED) is 0.530. The maximum Gasteiger partial charge on any atom is 0.317 e. The smallest absolute Gasteiger partial charge is 0.317 e. The van der Waals surface area contributed by atoms with Gasteiger partial charge in [0, 0.05) is 19.6 Å². The van der Waals surface area contributed by atoms with E-state index in [2.05, 4.69) is 0 Å². The van der Waals surface area contributed by atoms with Gasteiger partial charge in [-0.15, -0.1) is 0 Å². The van der Waals surface area contributed by atoms with Gasteiger partial charge in [-0.3, -0.25) is 9.69 Å². The molecule has 3 N–H and O–H groups in total. The molecule has 0 aromatic heterocycles. The number of nitrogens with zero attached hydrogens (tertiary/aromatic N) is 2. The van der Waals surface area contributed by atoms with Crippen LogP contribution in [0.5, 0.6) is 0 Å². The fourth-order valence-electron chi connectivity index (χ4n) is 1.06. The van der Waals surface area contributed by atoms with Gasteiger partial charge in [-0.05, 0) is 14.1 Å². The van der Waals surface area contributed by atoms with Crippen molar-refractivity contribution in [3.05, 3.63) is 0 Å². The number of rotatable bonds is 8. The van der Waals surface area contributed by atoms with E-state index in [-0.39, 0.29) is 18.8 Å². The van der Waals surface area contributed by atoms with Gasteiger partial charge in [-0.25, -0.2) is 13.6 Å². The third kappa shape index (κ3) is 9.84. The van der Waals surface area contributed by atoms with E-state index >= 15 is 0 Å². The number of carboxylic acids is 1. The third-order valence-corrected chi connectivity index (χ3v) is 2.67. The van der Waals surface area contributed by atoms with Crippen LogP contribution in [0.4, 0.5) is 0 Å². The minimum atomic E-state index is -3.54. The Morgan fingerprint density at radius 1 is 1.25 bits per heavy atom. The van der Waals surface area contributed by atoms with Crippen molar-refractivity contribution < 1.29 is 18.3 Å². The number of primary sulfonamides is 1. The van der Waals surface area contributed by atoms with Crippen LogP contribution < -0.4 is 5.14 Å². The molecule has 0 aromatic rings. The van der Waals surface area contributed by atoms with Crippen LogP contribution in [0.15, 0.2) is 0 Å². The first-order chi connectivity index (χ1) is 7.20. The van der Waals surface area contributed by atoms with Crippen molar-refractivity contribution in [1.82, 2.24) is 9.80 Å². The molecule has 0 spiro atoms. The molecule has 0 saturated carbocycles. The highest BCUT2D eigenvalue weighted by Gasteiger charge is 2.12. The Morgan fingerprint density at radius 3 is 2.19 bits per heavy atom. The van der Waals surface area contributed by atoms with Gasteiger partial charge in [0.2, 0.25) is 10.0 Å². The lowest BCUT2D eigenvalue weighted by Crippen LogP contribution is -2.39. The number of carbonyl (C=O) groups is 1. The van der Waals surface area contributed by atoms with Gasteiger partial charge >= 0.3 is 5.97 Å². The van der Waals surface area contributed by atoms with Crippen molar-refractivity contribution in [3.63, 3.8) is 0 Å². The first kappa shape index (κ1) is 15.3. The number of nitrogens with two attached hydrogens (primary N) is 1. The Morgan fingerprint density at radius 2 is 1.81 bits per heavy atom. The van der Waals surface area contributed by atoms with Gasteiger partial charge in [-0.1, -0.05) is 0 Å². The molecule has 0 bridgehead atoms. The Labute approximate surface area is 95.9 Å². The summed E-state index contributed by atoms with van der Waals surface area (Å²) in [7, 11) is 0.178. The summed E-state index contributed by atoms with van der Waals surface area (Å²) in [6, 6.07) is 0. The van der Waals surface area contributed by atoms with Gasteiger partial charge < -0.3 is 10.0 Å². The van der Waals surface area contributed by atoms with Crippen LogP contribution in [0, 0.1) is 0 Å². The summed E-state index contributed by atoms with van der Waals surface area (Å²) >= 11 is 0. The average molecular weight is 253 g/mol. The molecule has 0 saturated heterocycles. The number of aliphatic carboxylic acids is 1. The first-order valence-electron chi connectivity index (χ1n) is 4.80. The van der Waals surface area contributed by atoms with Crippen LogP contribution in [0.25, 0.3) is 0 Å². The second-order valence-electron chi connectivity index (χ2n) is 3.84. The van der Waals surface area contributed by atoms with Gasteiger partial charge in [-0.2, -0.15) is 0 Å². The van der Waals surface area contributed by atoms with Crippen molar-refractivity contribution in [2.45, 2.75) is 0 Å². The second kappa shape index (κ2) is 6.79. The SMILES string of the molecule is CN(C)CCN(CCS(N)(=O)=O)CC(=O)O. The summed E-state index contributed by atoms with van der Waals surface area (Å²) in [6.07, 6.45) is 0. The molecule has 0 aliphatic rings. The summed E-state index contributed by atoms with van der Waals surface area (Å²) < 4.78 is 21.5. The van der Waals surface area contributed by atoms with Crippen molar-refractivity contribution in [2.24, 2.45) is 5.14 Å². The fourth-order valence-corrected chi connectivity index (χ4v) is 1.57. The molecule has 0 aromatic carbocycles. The van der Waals surface area contributed by atoms with E-state index in [1.807, 2.05) is 19.0 Å². The highest BCUT2D eigenvalue weighted by atomic mass is 32.2. The molecule has 0 amide bonds. The van der Waals surface area contributed by atoms with Crippen molar-refractivity contribution >= 4 is 16.0 Å². The lowest BCUT2D eigenvalue weighted by molar-refractivity contribution is -0.138. The zero-order valence-corrected chi connectivity index (χ0v) is 10.4. The summed E-state index contributed by atoms with van der Waals surface area (Å²) in [5.41, 5.74) is 0. The maximum atomic E-state index is 10.8. The molecule has 0 rings (SSSR count). The molecular weight excluding hydrogens is 234 g/mol. The largest absolute Gasteiger partial charge is 0.480 e. The van der Waals surface area contributed by atoms with Crippen LogP contribution in [0.2, 0.25) is 0 Å². The molecule has 0 heterocycles. The maximum absolute atomic E-state index is 10.8. The number of sulfonamides is 1. The molecule has 0 radical (unpaired) electrons. The Balaban J connectivity index is 4.15. The van der Waals surface area contributed by atoms with Crippen LogP contribution >= 0.6 is 0 Å². The normalized spacial score (nSPS) is 12.3. The molecule has 8 heteroatoms. The van der Waals surface area contributed by atoms with Crippen LogP contribution in [-0.2, 0) is 14.8 Å². The van der Waals surface area contributed by atoms with Crippen molar-refractivity contribution in [3.8, 4) is 0 Å². The number of hydrogen-bond donors (Lipinski definition) is 2. The van der Waals surface area contributed by atoms with Crippen LogP contribution in [0.1, 0.15) is 0 Å². The zero-order chi connectivity index (χ0) is 12.8. The predicted molar refractivity (Wildman–Crippen MR) is 60.6 cm³/mol. The predicted octanol–water partition coefficient (Wildman–Crippen LogP) is -1.78. The molecular formula is C8H19N3O4S. The molecule has 0 aliphatic carbocycles. The first-order valence-corrected chi connectivity index (χ1v) is 6.51. The van der Waals surface area contributed by atoms with E-state index in [0.717, 1.165) is 0 Å². The lowest BCUT2D eigenvalue weighted by Gasteiger charge is -2.21. The van der Waals surface area contributed by atoms with Gasteiger partial charge in [0.25, 0.3) is 0 Å². The van der Waals surface area contributed by atoms with Gasteiger partial charge in [0.15, 0.2) is 0 Å². The van der Waals surface area contributed by atoms with E-state index < -0.39 is 16.0 Å². The van der Waals surface area contributed by atoms with Crippen molar-refractivity contribution in [1.29, 1.82) is 0 Å². The molecule has 0 fully saturated rings. The van der Waals surface area contributed by atoms with Crippen LogP contribution in [-0.4, -0.2) is 75.3 Å². The topological polar surface area (TPSA) is 104 Å². The number of hydrogen-bond acceptors (Lipinski definition) is 5. The number of carboxylic acid groups (broad SMARTS) is 1. The van der Waals surface area contributed by atoms with Gasteiger partial charge in [0.05, 0.1) is 12.3 Å². The number of likely N-dealkylation sites (N-methyl/N-ethyl adjacent to an activating group) is 1. The van der Waals surface area contributed by atoms with E-state index in [1.54, 1.807) is 4.90 Å². The monoisotopic (exact) mass is 253 g/mol. The minimum absolute atomic E-state index is 0.138. The molecule has 0 aliphatic heterocycles. The van der Waals surface area contributed by atoms with Gasteiger partial charge in [0.1, 0.15) is 0 Å². The summed E-state index contributed by atoms with van der Waals surface area (Å²) in [5.74, 6) is -1.21. The van der Waals surface area contributed by atoms with E-state index in [1.165, 1.54) is 0 Å². The molecule has 16 heavy (non-hydrogen) atoms. The van der Waals surface area contributed by atoms with Crippen LogP contribution in [0.3, 0.4) is 0 Å². The highest BCUT2D eigenvalue weighted by Crippen LogP contribution is 1.91. The standard InChI is InChI=1S/C8H19N3O4S/c1-10(2)3-4-11(7-8(12)13)5-6-16(9,14)15/h3-7H2,1-2H3,(H,12,13)(H2,9,14,15). The Kier molecular flexibility index (Phi) is 6.49. The Bertz CT molecular complexity index is 315. The van der Waals surface area contributed by atoms with E-state index in [9.17, 15) is 13.2 Å². The molecule has 96 valence electrons. The second-order valence-corrected chi connectivity index (χ2v) is 5.57. The Hall–Kier alpha value is -0.700. The minimum Gasteiger partial charge on any atom is -0.480 e. The average Bonchev–Trinajstić information content (AvgIpc) is 2.07. The summed E-state index contributed by atoms with van der Waals surface area (Å²) in [4.78, 5) is 14.0. The van der Waals surface area contributed by atoms with E-state index in [4.69, 9.17) is 10.2 Å². The molecule has 0 unspecified atom stereocenters. The third-order valence-electron chi connectivity index (χ3n) is 1.91. The zero-order valence-electron chi connectivity index (χ0n) is 9.59.